The van der Waals surface area contributed by atoms with Gasteiger partial charge in [0.1, 0.15) is 17.7 Å². The van der Waals surface area contributed by atoms with Gasteiger partial charge in [0.05, 0.1) is 19.3 Å². The number of carbonyl (C=O) groups excluding carboxylic acids is 2. The van der Waals surface area contributed by atoms with Crippen LogP contribution in [0.15, 0.2) is 24.8 Å². The highest BCUT2D eigenvalue weighted by Crippen LogP contribution is 2.21. The van der Waals surface area contributed by atoms with E-state index in [2.05, 4.69) is 20.3 Å². The van der Waals surface area contributed by atoms with E-state index >= 15 is 0 Å². The largest absolute Gasteiger partial charge is 0.382 e. The second-order valence-electron chi connectivity index (χ2n) is 6.58. The summed E-state index contributed by atoms with van der Waals surface area (Å²) in [6, 6.07) is 1.33. The van der Waals surface area contributed by atoms with Crippen molar-refractivity contribution >= 4 is 11.8 Å². The predicted molar refractivity (Wildman–Crippen MR) is 99.0 cm³/mol. The number of nitrogens with two attached hydrogens (primary N) is 1. The standard InChI is InChI=1S/C18H24N6O4/c1-27-8-9-28-13-4-2-12(3-5-13)21-17(26)15-10-14(16(19)25)22-18(23-15)24-7-6-20-11-24/h6-7,10-13H,2-5,8-9H2,1H3,(H2,19,25)(H,21,26). The number of carbonyl (C=O) groups is 2. The van der Waals surface area contributed by atoms with Crippen molar-refractivity contribution < 1.29 is 19.1 Å². The fourth-order valence-electron chi connectivity index (χ4n) is 3.10. The Balaban J connectivity index is 1.64. The van der Waals surface area contributed by atoms with Crippen LogP contribution in [-0.4, -0.2) is 63.8 Å². The van der Waals surface area contributed by atoms with Gasteiger partial charge in [-0.05, 0) is 25.7 Å². The summed E-state index contributed by atoms with van der Waals surface area (Å²) in [5.41, 5.74) is 5.41. The summed E-state index contributed by atoms with van der Waals surface area (Å²) in [5.74, 6) is -0.934. The Labute approximate surface area is 162 Å². The number of ether oxygens (including phenoxy) is 2. The molecule has 2 amide bonds. The minimum absolute atomic E-state index is 0.0264. The van der Waals surface area contributed by atoms with E-state index in [1.54, 1.807) is 19.5 Å². The van der Waals surface area contributed by atoms with Crippen LogP contribution in [0.5, 0.6) is 0 Å². The van der Waals surface area contributed by atoms with Gasteiger partial charge in [0.15, 0.2) is 0 Å². The number of aromatic nitrogens is 4. The van der Waals surface area contributed by atoms with Crippen LogP contribution >= 0.6 is 0 Å². The molecule has 0 spiro atoms. The van der Waals surface area contributed by atoms with Crippen molar-refractivity contribution in [1.29, 1.82) is 0 Å². The third-order valence-electron chi connectivity index (χ3n) is 4.59. The molecule has 3 rings (SSSR count). The SMILES string of the molecule is COCCOC1CCC(NC(=O)c2cc(C(N)=O)nc(-n3ccnc3)n2)CC1. The maximum atomic E-state index is 12.7. The Morgan fingerprint density at radius 3 is 2.61 bits per heavy atom. The van der Waals surface area contributed by atoms with Crippen LogP contribution in [0, 0.1) is 0 Å². The molecule has 2 aromatic rings. The van der Waals surface area contributed by atoms with Gasteiger partial charge in [-0.2, -0.15) is 0 Å². The Morgan fingerprint density at radius 2 is 1.96 bits per heavy atom. The van der Waals surface area contributed by atoms with Crippen molar-refractivity contribution in [3.05, 3.63) is 36.2 Å². The average Bonchev–Trinajstić information content (AvgIpc) is 3.24. The van der Waals surface area contributed by atoms with Gasteiger partial charge < -0.3 is 20.5 Å². The molecule has 0 atom stereocenters. The average molecular weight is 388 g/mol. The fraction of sp³-hybridized carbons (Fsp3) is 0.500. The molecular weight excluding hydrogens is 364 g/mol. The maximum absolute atomic E-state index is 12.7. The topological polar surface area (TPSA) is 134 Å². The lowest BCUT2D eigenvalue weighted by Crippen LogP contribution is -2.39. The van der Waals surface area contributed by atoms with Gasteiger partial charge in [0.25, 0.3) is 11.8 Å². The molecule has 3 N–H and O–H groups in total. The maximum Gasteiger partial charge on any atom is 0.270 e. The van der Waals surface area contributed by atoms with Crippen LogP contribution in [0.1, 0.15) is 46.7 Å². The molecule has 2 aromatic heterocycles. The molecule has 1 aliphatic carbocycles. The molecule has 2 heterocycles. The predicted octanol–water partition coefficient (Wildman–Crippen LogP) is 0.465. The van der Waals surface area contributed by atoms with Crippen LogP contribution in [-0.2, 0) is 9.47 Å². The number of nitrogens with one attached hydrogen (secondary N) is 1. The second kappa shape index (κ2) is 9.38. The zero-order valence-corrected chi connectivity index (χ0v) is 15.7. The second-order valence-corrected chi connectivity index (χ2v) is 6.58. The Bertz CT molecular complexity index is 802. The van der Waals surface area contributed by atoms with E-state index in [0.29, 0.717) is 13.2 Å². The normalized spacial score (nSPS) is 19.3. The summed E-state index contributed by atoms with van der Waals surface area (Å²) in [7, 11) is 1.64. The first-order valence-electron chi connectivity index (χ1n) is 9.15. The minimum Gasteiger partial charge on any atom is -0.382 e. The number of imidazole rings is 1. The molecule has 0 radical (unpaired) electrons. The van der Waals surface area contributed by atoms with Crippen LogP contribution in [0.4, 0.5) is 0 Å². The zero-order valence-electron chi connectivity index (χ0n) is 15.7. The van der Waals surface area contributed by atoms with E-state index in [9.17, 15) is 9.59 Å². The highest BCUT2D eigenvalue weighted by atomic mass is 16.5. The first-order chi connectivity index (χ1) is 13.6. The van der Waals surface area contributed by atoms with E-state index < -0.39 is 5.91 Å². The summed E-state index contributed by atoms with van der Waals surface area (Å²) < 4.78 is 12.2. The first-order valence-corrected chi connectivity index (χ1v) is 9.15. The number of methoxy groups -OCH3 is 1. The number of rotatable bonds is 8. The van der Waals surface area contributed by atoms with Crippen LogP contribution in [0.2, 0.25) is 0 Å². The molecule has 150 valence electrons. The van der Waals surface area contributed by atoms with Crippen molar-refractivity contribution in [3.8, 4) is 5.95 Å². The monoisotopic (exact) mass is 388 g/mol. The van der Waals surface area contributed by atoms with Crippen LogP contribution < -0.4 is 11.1 Å². The third-order valence-corrected chi connectivity index (χ3v) is 4.59. The number of hydrogen-bond acceptors (Lipinski definition) is 7. The number of amides is 2. The lowest BCUT2D eigenvalue weighted by molar-refractivity contribution is -0.00409. The minimum atomic E-state index is -0.730. The molecule has 10 heteroatoms. The molecule has 28 heavy (non-hydrogen) atoms. The Morgan fingerprint density at radius 1 is 1.21 bits per heavy atom. The molecule has 0 aliphatic heterocycles. The van der Waals surface area contributed by atoms with Gasteiger partial charge in [0, 0.05) is 31.6 Å². The molecular formula is C18H24N6O4. The number of hydrogen-bond donors (Lipinski definition) is 2. The molecule has 0 saturated heterocycles. The van der Waals surface area contributed by atoms with Gasteiger partial charge >= 0.3 is 0 Å². The first kappa shape index (κ1) is 19.9. The van der Waals surface area contributed by atoms with Crippen molar-refractivity contribution in [2.75, 3.05) is 20.3 Å². The van der Waals surface area contributed by atoms with Gasteiger partial charge in [-0.1, -0.05) is 0 Å². The van der Waals surface area contributed by atoms with Crippen molar-refractivity contribution in [3.63, 3.8) is 0 Å². The summed E-state index contributed by atoms with van der Waals surface area (Å²) in [6.07, 6.45) is 8.19. The van der Waals surface area contributed by atoms with Crippen molar-refractivity contribution in [2.45, 2.75) is 37.8 Å². The summed E-state index contributed by atoms with van der Waals surface area (Å²) >= 11 is 0. The van der Waals surface area contributed by atoms with Crippen LogP contribution in [0.25, 0.3) is 5.95 Å². The lowest BCUT2D eigenvalue weighted by atomic mass is 9.93. The molecule has 0 unspecified atom stereocenters. The molecule has 1 fully saturated rings. The summed E-state index contributed by atoms with van der Waals surface area (Å²) in [4.78, 5) is 36.5. The molecule has 1 saturated carbocycles. The Hall–Kier alpha value is -2.85. The molecule has 1 aliphatic rings. The smallest absolute Gasteiger partial charge is 0.270 e. The van der Waals surface area contributed by atoms with E-state index in [4.69, 9.17) is 15.2 Å². The quantitative estimate of drug-likeness (QED) is 0.628. The van der Waals surface area contributed by atoms with E-state index in [-0.39, 0.29) is 35.4 Å². The summed E-state index contributed by atoms with van der Waals surface area (Å²) in [5, 5.41) is 2.98. The van der Waals surface area contributed by atoms with Crippen LogP contribution in [0.3, 0.4) is 0 Å². The van der Waals surface area contributed by atoms with Crippen molar-refractivity contribution in [2.24, 2.45) is 5.73 Å². The molecule has 0 aromatic carbocycles. The van der Waals surface area contributed by atoms with Gasteiger partial charge in [-0.3, -0.25) is 14.2 Å². The number of primary amides is 1. The van der Waals surface area contributed by atoms with Crippen molar-refractivity contribution in [1.82, 2.24) is 24.8 Å². The molecule has 0 bridgehead atoms. The third kappa shape index (κ3) is 5.11. The Kier molecular flexibility index (Phi) is 6.66. The van der Waals surface area contributed by atoms with Gasteiger partial charge in [-0.25, -0.2) is 15.0 Å². The molecule has 10 nitrogen and oxygen atoms in total. The zero-order chi connectivity index (χ0) is 19.9. The lowest BCUT2D eigenvalue weighted by Gasteiger charge is -2.29. The fourth-order valence-corrected chi connectivity index (χ4v) is 3.10. The van der Waals surface area contributed by atoms with Gasteiger partial charge in [-0.15, -0.1) is 0 Å². The highest BCUT2D eigenvalue weighted by molar-refractivity contribution is 5.97. The van der Waals surface area contributed by atoms with E-state index in [0.717, 1.165) is 25.7 Å². The van der Waals surface area contributed by atoms with E-state index in [1.807, 2.05) is 0 Å². The number of nitrogens with zero attached hydrogens (tertiary/aromatic N) is 4. The van der Waals surface area contributed by atoms with E-state index in [1.165, 1.54) is 17.0 Å². The summed E-state index contributed by atoms with van der Waals surface area (Å²) in [6.45, 7) is 1.15. The van der Waals surface area contributed by atoms with Gasteiger partial charge in [0.2, 0.25) is 5.95 Å². The highest BCUT2D eigenvalue weighted by Gasteiger charge is 2.24.